The Balaban J connectivity index is 1.72. The van der Waals surface area contributed by atoms with Crippen LogP contribution in [0.25, 0.3) is 11.3 Å². The molecule has 1 heterocycles. The first-order chi connectivity index (χ1) is 13.0. The molecule has 1 aliphatic carbocycles. The number of thiazole rings is 1. The molecule has 1 aromatic heterocycles. The number of hydrogen-bond acceptors (Lipinski definition) is 4. The predicted molar refractivity (Wildman–Crippen MR) is 110 cm³/mol. The molecule has 0 atom stereocenters. The summed E-state index contributed by atoms with van der Waals surface area (Å²) in [7, 11) is 0. The Morgan fingerprint density at radius 3 is 2.48 bits per heavy atom. The molecular weight excluding hydrogens is 358 g/mol. The lowest BCUT2D eigenvalue weighted by atomic mass is 9.81. The van der Waals surface area contributed by atoms with Gasteiger partial charge in [0, 0.05) is 17.9 Å². The molecule has 3 rings (SSSR count). The summed E-state index contributed by atoms with van der Waals surface area (Å²) in [6.45, 7) is 3.64. The van der Waals surface area contributed by atoms with Crippen LogP contribution >= 0.6 is 11.3 Å². The molecule has 0 saturated heterocycles. The topological polar surface area (TPSA) is 71.1 Å². The van der Waals surface area contributed by atoms with Gasteiger partial charge < -0.3 is 5.32 Å². The van der Waals surface area contributed by atoms with Gasteiger partial charge in [-0.3, -0.25) is 14.9 Å². The van der Waals surface area contributed by atoms with Crippen LogP contribution in [-0.4, -0.2) is 22.3 Å². The number of nitrogens with zero attached hydrogens (tertiary/aromatic N) is 1. The molecule has 27 heavy (non-hydrogen) atoms. The first-order valence-corrected chi connectivity index (χ1v) is 10.6. The molecule has 2 amide bonds. The van der Waals surface area contributed by atoms with E-state index in [4.69, 9.17) is 0 Å². The average molecular weight is 386 g/mol. The van der Waals surface area contributed by atoms with Gasteiger partial charge in [-0.1, -0.05) is 56.9 Å². The maximum Gasteiger partial charge on any atom is 0.251 e. The van der Waals surface area contributed by atoms with Crippen LogP contribution in [0.4, 0.5) is 5.13 Å². The van der Waals surface area contributed by atoms with Gasteiger partial charge in [0.25, 0.3) is 5.91 Å². The Labute approximate surface area is 164 Å². The number of amides is 2. The minimum Gasteiger partial charge on any atom is -0.342 e. The Kier molecular flexibility index (Phi) is 6.26. The summed E-state index contributed by atoms with van der Waals surface area (Å²) >= 11 is 1.41. The number of anilines is 1. The van der Waals surface area contributed by atoms with Crippen molar-refractivity contribution in [3.05, 3.63) is 35.2 Å². The van der Waals surface area contributed by atoms with Crippen molar-refractivity contribution >= 4 is 28.3 Å². The number of hydrogen-bond donors (Lipinski definition) is 2. The molecule has 1 fully saturated rings. The molecule has 0 bridgehead atoms. The van der Waals surface area contributed by atoms with Gasteiger partial charge in [0.15, 0.2) is 5.13 Å². The Morgan fingerprint density at radius 2 is 1.85 bits per heavy atom. The van der Waals surface area contributed by atoms with Gasteiger partial charge in [-0.25, -0.2) is 4.98 Å². The number of aromatic nitrogens is 1. The standard InChI is InChI=1S/C21H27N3O2S/c1-3-7-16-8-10-17(11-9-16)18-14-27-20(22-18)23-19(26)21(24-15(2)25)12-5-4-6-13-21/h8-11,14H,3-7,12-13H2,1-2H3,(H,24,25)(H,22,23,26). The first-order valence-electron chi connectivity index (χ1n) is 9.67. The zero-order chi connectivity index (χ0) is 19.3. The lowest BCUT2D eigenvalue weighted by molar-refractivity contribution is -0.130. The van der Waals surface area contributed by atoms with E-state index in [1.54, 1.807) is 0 Å². The molecule has 0 aliphatic heterocycles. The Hall–Kier alpha value is -2.21. The summed E-state index contributed by atoms with van der Waals surface area (Å²) in [5.41, 5.74) is 2.41. The summed E-state index contributed by atoms with van der Waals surface area (Å²) in [6.07, 6.45) is 6.54. The van der Waals surface area contributed by atoms with Crippen LogP contribution in [0.5, 0.6) is 0 Å². The summed E-state index contributed by atoms with van der Waals surface area (Å²) < 4.78 is 0. The van der Waals surface area contributed by atoms with Crippen LogP contribution in [-0.2, 0) is 16.0 Å². The van der Waals surface area contributed by atoms with Gasteiger partial charge in [-0.15, -0.1) is 11.3 Å². The first kappa shape index (κ1) is 19.5. The van der Waals surface area contributed by atoms with Crippen LogP contribution in [0.1, 0.15) is 57.9 Å². The molecule has 1 aromatic carbocycles. The number of carbonyl (C=O) groups excluding carboxylic acids is 2. The van der Waals surface area contributed by atoms with E-state index in [0.29, 0.717) is 18.0 Å². The van der Waals surface area contributed by atoms with Crippen LogP contribution in [0.3, 0.4) is 0 Å². The molecule has 144 valence electrons. The van der Waals surface area contributed by atoms with Gasteiger partial charge in [0.2, 0.25) is 5.91 Å². The van der Waals surface area contributed by atoms with Crippen molar-refractivity contribution in [2.24, 2.45) is 0 Å². The van der Waals surface area contributed by atoms with E-state index < -0.39 is 5.54 Å². The van der Waals surface area contributed by atoms with E-state index >= 15 is 0 Å². The third-order valence-electron chi connectivity index (χ3n) is 5.07. The molecule has 0 spiro atoms. The SMILES string of the molecule is CCCc1ccc(-c2csc(NC(=O)C3(NC(C)=O)CCCCC3)n2)cc1. The lowest BCUT2D eigenvalue weighted by Gasteiger charge is -2.35. The summed E-state index contributed by atoms with van der Waals surface area (Å²) in [5, 5.41) is 8.36. The highest BCUT2D eigenvalue weighted by Crippen LogP contribution is 2.31. The fraction of sp³-hybridized carbons (Fsp3) is 0.476. The van der Waals surface area contributed by atoms with Gasteiger partial charge >= 0.3 is 0 Å². The quantitative estimate of drug-likeness (QED) is 0.767. The van der Waals surface area contributed by atoms with Crippen LogP contribution in [0.2, 0.25) is 0 Å². The third kappa shape index (κ3) is 4.75. The third-order valence-corrected chi connectivity index (χ3v) is 5.83. The molecule has 1 saturated carbocycles. The second-order valence-electron chi connectivity index (χ2n) is 7.26. The monoisotopic (exact) mass is 385 g/mol. The molecule has 0 radical (unpaired) electrons. The highest BCUT2D eigenvalue weighted by molar-refractivity contribution is 7.14. The number of carbonyl (C=O) groups is 2. The Morgan fingerprint density at radius 1 is 1.15 bits per heavy atom. The second-order valence-corrected chi connectivity index (χ2v) is 8.12. The maximum atomic E-state index is 12.9. The molecule has 1 aliphatic rings. The Bertz CT molecular complexity index is 792. The molecule has 0 unspecified atom stereocenters. The maximum absolute atomic E-state index is 12.9. The van der Waals surface area contributed by atoms with E-state index in [2.05, 4.69) is 46.8 Å². The highest BCUT2D eigenvalue weighted by Gasteiger charge is 2.40. The van der Waals surface area contributed by atoms with E-state index in [1.807, 2.05) is 5.38 Å². The lowest BCUT2D eigenvalue weighted by Crippen LogP contribution is -2.57. The zero-order valence-corrected chi connectivity index (χ0v) is 16.8. The van der Waals surface area contributed by atoms with Crippen molar-refractivity contribution in [1.29, 1.82) is 0 Å². The van der Waals surface area contributed by atoms with Crippen molar-refractivity contribution < 1.29 is 9.59 Å². The molecule has 2 N–H and O–H groups in total. The number of nitrogens with one attached hydrogen (secondary N) is 2. The largest absolute Gasteiger partial charge is 0.342 e. The van der Waals surface area contributed by atoms with Crippen molar-refractivity contribution in [2.45, 2.75) is 64.3 Å². The van der Waals surface area contributed by atoms with Gasteiger partial charge in [-0.2, -0.15) is 0 Å². The summed E-state index contributed by atoms with van der Waals surface area (Å²) in [4.78, 5) is 29.1. The van der Waals surface area contributed by atoms with Gasteiger partial charge in [0.1, 0.15) is 5.54 Å². The van der Waals surface area contributed by atoms with Crippen molar-refractivity contribution in [3.8, 4) is 11.3 Å². The normalized spacial score (nSPS) is 15.9. The molecule has 2 aromatic rings. The number of benzene rings is 1. The molecular formula is C21H27N3O2S. The zero-order valence-electron chi connectivity index (χ0n) is 16.0. The molecule has 5 nitrogen and oxygen atoms in total. The van der Waals surface area contributed by atoms with Crippen molar-refractivity contribution in [1.82, 2.24) is 10.3 Å². The van der Waals surface area contributed by atoms with Crippen molar-refractivity contribution in [3.63, 3.8) is 0 Å². The number of rotatable bonds is 6. The van der Waals surface area contributed by atoms with E-state index in [1.165, 1.54) is 23.8 Å². The van der Waals surface area contributed by atoms with Gasteiger partial charge in [0.05, 0.1) is 5.69 Å². The van der Waals surface area contributed by atoms with Crippen LogP contribution < -0.4 is 10.6 Å². The average Bonchev–Trinajstić information content (AvgIpc) is 3.11. The minimum atomic E-state index is -0.808. The van der Waals surface area contributed by atoms with E-state index in [9.17, 15) is 9.59 Å². The molecule has 6 heteroatoms. The van der Waals surface area contributed by atoms with Gasteiger partial charge in [-0.05, 0) is 24.8 Å². The second kappa shape index (κ2) is 8.65. The smallest absolute Gasteiger partial charge is 0.251 e. The number of aryl methyl sites for hydroxylation is 1. The van der Waals surface area contributed by atoms with Crippen molar-refractivity contribution in [2.75, 3.05) is 5.32 Å². The summed E-state index contributed by atoms with van der Waals surface area (Å²) in [5.74, 6) is -0.323. The highest BCUT2D eigenvalue weighted by atomic mass is 32.1. The van der Waals surface area contributed by atoms with E-state index in [-0.39, 0.29) is 11.8 Å². The minimum absolute atomic E-state index is 0.156. The van der Waals surface area contributed by atoms with E-state index in [0.717, 1.165) is 43.4 Å². The fourth-order valence-electron chi connectivity index (χ4n) is 3.71. The fourth-order valence-corrected chi connectivity index (χ4v) is 4.43. The van der Waals surface area contributed by atoms with Crippen LogP contribution in [0.15, 0.2) is 29.6 Å². The predicted octanol–water partition coefficient (Wildman–Crippen LogP) is 4.54. The van der Waals surface area contributed by atoms with Crippen LogP contribution in [0, 0.1) is 0 Å². The summed E-state index contributed by atoms with van der Waals surface area (Å²) in [6, 6.07) is 8.41.